The Balaban J connectivity index is 1.25. The van der Waals surface area contributed by atoms with Crippen LogP contribution in [0.4, 0.5) is 5.69 Å². The van der Waals surface area contributed by atoms with Crippen molar-refractivity contribution in [2.45, 2.75) is 88.9 Å². The van der Waals surface area contributed by atoms with Crippen LogP contribution in [0.5, 0.6) is 0 Å². The second-order valence-corrected chi connectivity index (χ2v) is 23.2. The fraction of sp³-hybridized carbons (Fsp3) is 0.645. The van der Waals surface area contributed by atoms with E-state index in [0.29, 0.717) is 201 Å². The molecule has 1 aliphatic carbocycles. The minimum absolute atomic E-state index is 0.0200. The molecule has 0 bridgehead atoms. The van der Waals surface area contributed by atoms with Crippen molar-refractivity contribution >= 4 is 39.7 Å². The van der Waals surface area contributed by atoms with Gasteiger partial charge in [-0.15, -0.1) is 5.06 Å². The summed E-state index contributed by atoms with van der Waals surface area (Å²) in [6.45, 7) is 22.4. The number of carbonyl (C=O) groups excluding carboxylic acids is 3. The minimum Gasteiger partial charge on any atom is -0.456 e. The number of carbonyl (C=O) groups is 3. The Morgan fingerprint density at radius 3 is 1.58 bits per heavy atom. The third kappa shape index (κ3) is 25.2. The molecule has 1 N–H and O–H groups in total. The standard InChI is InChI=1S/C62H93N3O20S/c1-61(2,3)53-47-50(12-11-13-57-62(4,5)54-48-51(86(69,70)71)16-18-55(54)64(57)21-10-8-9-14-60(68)85-65-58(66)19-20-59(65)67)84-56-46-49(15-17-52(53)56)63(22-24-74-30-32-78-38-40-82-44-42-80-36-34-76-28-26-72-6)23-25-75-31-33-79-39-41-83-45-43-81-37-35-77-29-27-73-7/h11-13,15-18,46-48H,8-10,14,19-45H2,1-7H3/p+1. The quantitative estimate of drug-likeness (QED) is 0.0294. The largest absolute Gasteiger partial charge is 0.456 e. The first kappa shape index (κ1) is 71.7. The normalized spacial score (nSPS) is 14.9. The average Bonchev–Trinajstić information content (AvgIpc) is 1.87. The SMILES string of the molecule is COCCOCCOCCOCCOCCOCC[N+](CCOCCOCCOCCOCCOCCOC)=c1ccc2c(C(C)(C)C)cc(/C=C/C=C3/N(CCCCCC(=O)ON4C(=O)CCC4=O)c4ccc(S(=O)(=O)O)cc4C3(C)C)oc-2c1. The van der Waals surface area contributed by atoms with Crippen molar-refractivity contribution in [3.05, 3.63) is 82.6 Å². The number of hydroxylamine groups is 2. The van der Waals surface area contributed by atoms with Crippen LogP contribution >= 0.6 is 0 Å². The van der Waals surface area contributed by atoms with E-state index in [1.165, 1.54) is 12.1 Å². The minimum atomic E-state index is -4.49. The van der Waals surface area contributed by atoms with Gasteiger partial charge in [0.15, 0.2) is 13.1 Å². The molecule has 23 nitrogen and oxygen atoms in total. The van der Waals surface area contributed by atoms with Gasteiger partial charge in [-0.3, -0.25) is 14.1 Å². The Hall–Kier alpha value is -5.03. The molecule has 2 amide bonds. The maximum absolute atomic E-state index is 12.5. The molecule has 3 aliphatic heterocycles. The van der Waals surface area contributed by atoms with Crippen molar-refractivity contribution in [2.75, 3.05) is 184 Å². The number of benzene rings is 2. The van der Waals surface area contributed by atoms with Gasteiger partial charge < -0.3 is 71.0 Å². The summed E-state index contributed by atoms with van der Waals surface area (Å²) in [6.07, 6.45) is 7.61. The van der Waals surface area contributed by atoms with E-state index in [-0.39, 0.29) is 29.6 Å². The van der Waals surface area contributed by atoms with Crippen molar-refractivity contribution < 1.29 is 93.5 Å². The van der Waals surface area contributed by atoms with Crippen LogP contribution in [-0.4, -0.2) is 215 Å². The van der Waals surface area contributed by atoms with E-state index in [4.69, 9.17) is 66.1 Å². The number of unbranched alkanes of at least 4 members (excludes halogenated alkanes) is 2. The second kappa shape index (κ2) is 39.1. The number of rotatable bonds is 46. The molecule has 1 saturated heterocycles. The maximum Gasteiger partial charge on any atom is 0.333 e. The monoisotopic (exact) mass is 1230 g/mol. The van der Waals surface area contributed by atoms with Crippen LogP contribution in [0, 0.1) is 0 Å². The molecule has 1 fully saturated rings. The number of imide groups is 1. The lowest BCUT2D eigenvalue weighted by molar-refractivity contribution is -0.197. The molecule has 1 aromatic carbocycles. The van der Waals surface area contributed by atoms with E-state index in [1.54, 1.807) is 20.3 Å². The Bertz CT molecular complexity index is 2670. The highest BCUT2D eigenvalue weighted by Gasteiger charge is 2.40. The van der Waals surface area contributed by atoms with Crippen molar-refractivity contribution in [3.8, 4) is 11.3 Å². The number of allylic oxidation sites excluding steroid dienone is 3. The predicted molar refractivity (Wildman–Crippen MR) is 320 cm³/mol. The highest BCUT2D eigenvalue weighted by molar-refractivity contribution is 7.85. The molecule has 1 aromatic rings. The summed E-state index contributed by atoms with van der Waals surface area (Å²) < 4.78 is 110. The number of nitrogens with zero attached hydrogens (tertiary/aromatic N) is 3. The highest BCUT2D eigenvalue weighted by Crippen LogP contribution is 2.48. The van der Waals surface area contributed by atoms with Gasteiger partial charge in [0.05, 0.1) is 143 Å². The van der Waals surface area contributed by atoms with Crippen LogP contribution in [0.25, 0.3) is 17.4 Å². The lowest BCUT2D eigenvalue weighted by Crippen LogP contribution is -2.36. The van der Waals surface area contributed by atoms with Crippen LogP contribution in [0.1, 0.15) is 90.0 Å². The smallest absolute Gasteiger partial charge is 0.333 e. The van der Waals surface area contributed by atoms with Crippen molar-refractivity contribution in [1.82, 2.24) is 9.64 Å². The molecular weight excluding hydrogens is 1140 g/mol. The summed E-state index contributed by atoms with van der Waals surface area (Å²) in [4.78, 5) is 43.4. The fourth-order valence-electron chi connectivity index (χ4n) is 9.37. The molecule has 4 aliphatic rings. The van der Waals surface area contributed by atoms with Crippen molar-refractivity contribution in [3.63, 3.8) is 0 Å². The van der Waals surface area contributed by atoms with E-state index in [1.807, 2.05) is 38.1 Å². The molecule has 0 radical (unpaired) electrons. The molecular formula is C62H94N3O20S+. The van der Waals surface area contributed by atoms with Gasteiger partial charge in [-0.2, -0.15) is 8.42 Å². The molecule has 0 atom stereocenters. The van der Waals surface area contributed by atoms with Crippen LogP contribution in [0.15, 0.2) is 69.6 Å². The lowest BCUT2D eigenvalue weighted by Gasteiger charge is -2.27. The Morgan fingerprint density at radius 1 is 0.640 bits per heavy atom. The number of fused-ring (bicyclic) bond motifs is 2. The second-order valence-electron chi connectivity index (χ2n) is 21.8. The summed E-state index contributed by atoms with van der Waals surface area (Å²) >= 11 is 0. The summed E-state index contributed by atoms with van der Waals surface area (Å²) in [7, 11) is -1.22. The Labute approximate surface area is 507 Å². The zero-order valence-corrected chi connectivity index (χ0v) is 52.5. The van der Waals surface area contributed by atoms with Gasteiger partial charge in [-0.1, -0.05) is 47.1 Å². The number of anilines is 1. The first-order chi connectivity index (χ1) is 41.4. The first-order valence-corrected chi connectivity index (χ1v) is 31.2. The van der Waals surface area contributed by atoms with Crippen LogP contribution in [-0.2, 0) is 97.0 Å². The van der Waals surface area contributed by atoms with Crippen LogP contribution in [0.2, 0.25) is 0 Å². The van der Waals surface area contributed by atoms with Gasteiger partial charge in [0.25, 0.3) is 21.9 Å². The van der Waals surface area contributed by atoms with Crippen LogP contribution < -0.4 is 14.8 Å². The topological polar surface area (TPSA) is 248 Å². The van der Waals surface area contributed by atoms with Gasteiger partial charge >= 0.3 is 5.97 Å². The van der Waals surface area contributed by atoms with Crippen LogP contribution in [0.3, 0.4) is 0 Å². The molecule has 24 heteroatoms. The molecule has 0 spiro atoms. The molecule has 86 heavy (non-hydrogen) atoms. The number of methoxy groups -OCH3 is 2. The van der Waals surface area contributed by atoms with E-state index >= 15 is 0 Å². The van der Waals surface area contributed by atoms with Gasteiger partial charge in [0.2, 0.25) is 5.36 Å². The van der Waals surface area contributed by atoms with E-state index in [0.717, 1.165) is 33.4 Å². The maximum atomic E-state index is 12.5. The van der Waals surface area contributed by atoms with E-state index in [2.05, 4.69) is 48.4 Å². The van der Waals surface area contributed by atoms with Gasteiger partial charge in [0.1, 0.15) is 24.7 Å². The predicted octanol–water partition coefficient (Wildman–Crippen LogP) is 6.02. The molecule has 0 unspecified atom stereocenters. The van der Waals surface area contributed by atoms with Gasteiger partial charge in [0, 0.05) is 68.5 Å². The molecule has 5 rings (SSSR count). The summed E-state index contributed by atoms with van der Waals surface area (Å²) in [5.41, 5.74) is 3.49. The zero-order valence-electron chi connectivity index (χ0n) is 51.6. The third-order valence-corrected chi connectivity index (χ3v) is 14.8. The number of ether oxygens (including phenoxy) is 12. The van der Waals surface area contributed by atoms with E-state index < -0.39 is 33.3 Å². The highest BCUT2D eigenvalue weighted by atomic mass is 32.2. The van der Waals surface area contributed by atoms with Crippen molar-refractivity contribution in [1.29, 1.82) is 0 Å². The van der Waals surface area contributed by atoms with Gasteiger partial charge in [-0.25, -0.2) is 9.37 Å². The summed E-state index contributed by atoms with van der Waals surface area (Å²) in [5.74, 6) is -0.405. The average molecular weight is 1230 g/mol. The lowest BCUT2D eigenvalue weighted by atomic mass is 9.82. The third-order valence-electron chi connectivity index (χ3n) is 13.9. The number of hydrogen-bond acceptors (Lipinski definition) is 20. The zero-order chi connectivity index (χ0) is 62.1. The Morgan fingerprint density at radius 2 is 1.12 bits per heavy atom. The number of hydrogen-bond donors (Lipinski definition) is 1. The van der Waals surface area contributed by atoms with Gasteiger partial charge in [-0.05, 0) is 71.9 Å². The molecule has 3 heterocycles. The Kier molecular flexibility index (Phi) is 32.6. The fourth-order valence-corrected chi connectivity index (χ4v) is 9.88. The molecule has 482 valence electrons. The first-order valence-electron chi connectivity index (χ1n) is 29.7. The molecule has 0 aromatic heterocycles. The van der Waals surface area contributed by atoms with E-state index in [9.17, 15) is 27.4 Å². The van der Waals surface area contributed by atoms with Crippen molar-refractivity contribution in [2.24, 2.45) is 0 Å². The molecule has 0 saturated carbocycles. The summed E-state index contributed by atoms with van der Waals surface area (Å²) in [6, 6.07) is 12.9. The summed E-state index contributed by atoms with van der Waals surface area (Å²) in [5, 5.41) is 1.48. The number of amides is 2.